The molecule has 1 aromatic rings. The van der Waals surface area contributed by atoms with Gasteiger partial charge in [0.25, 0.3) is 0 Å². The minimum absolute atomic E-state index is 0.172. The highest BCUT2D eigenvalue weighted by atomic mass is 79.9. The zero-order valence-electron chi connectivity index (χ0n) is 9.15. The maximum atomic E-state index is 9.30. The summed E-state index contributed by atoms with van der Waals surface area (Å²) in [6.07, 6.45) is 3.85. The van der Waals surface area contributed by atoms with Crippen LogP contribution < -0.4 is 10.2 Å². The lowest BCUT2D eigenvalue weighted by molar-refractivity contribution is 0.266. The van der Waals surface area contributed by atoms with Gasteiger partial charge in [-0.3, -0.25) is 0 Å². The molecular formula is C10H15BrN4O. The van der Waals surface area contributed by atoms with Gasteiger partial charge in [-0.2, -0.15) is 4.98 Å². The van der Waals surface area contributed by atoms with E-state index in [1.807, 2.05) is 0 Å². The molecule has 1 fully saturated rings. The molecule has 5 nitrogen and oxygen atoms in total. The van der Waals surface area contributed by atoms with Crippen molar-refractivity contribution in [2.24, 2.45) is 0 Å². The smallest absolute Gasteiger partial charge is 0.224 e. The van der Waals surface area contributed by atoms with Gasteiger partial charge >= 0.3 is 0 Å². The molecule has 0 aromatic carbocycles. The van der Waals surface area contributed by atoms with Crippen LogP contribution in [0.4, 0.5) is 11.8 Å². The fourth-order valence-electron chi connectivity index (χ4n) is 1.98. The Morgan fingerprint density at radius 2 is 2.50 bits per heavy atom. The molecule has 1 atom stereocenters. The van der Waals surface area contributed by atoms with Gasteiger partial charge in [0.2, 0.25) is 5.95 Å². The molecule has 2 N–H and O–H groups in total. The van der Waals surface area contributed by atoms with Gasteiger partial charge in [0.1, 0.15) is 5.82 Å². The number of halogens is 1. The van der Waals surface area contributed by atoms with Gasteiger partial charge in [-0.05, 0) is 28.8 Å². The summed E-state index contributed by atoms with van der Waals surface area (Å²) >= 11 is 3.45. The molecule has 16 heavy (non-hydrogen) atoms. The molecule has 0 bridgehead atoms. The van der Waals surface area contributed by atoms with E-state index < -0.39 is 0 Å². The summed E-state index contributed by atoms with van der Waals surface area (Å²) in [6, 6.07) is 0.177. The van der Waals surface area contributed by atoms with Crippen LogP contribution in [0.3, 0.4) is 0 Å². The minimum Gasteiger partial charge on any atom is -0.394 e. The van der Waals surface area contributed by atoms with Crippen molar-refractivity contribution < 1.29 is 5.11 Å². The molecular weight excluding hydrogens is 272 g/mol. The summed E-state index contributed by atoms with van der Waals surface area (Å²) in [7, 11) is 1.79. The van der Waals surface area contributed by atoms with Gasteiger partial charge < -0.3 is 15.3 Å². The summed E-state index contributed by atoms with van der Waals surface area (Å²) < 4.78 is 0.867. The van der Waals surface area contributed by atoms with Crippen LogP contribution in [-0.2, 0) is 0 Å². The number of hydrogen-bond donors (Lipinski definition) is 2. The second kappa shape index (κ2) is 4.97. The van der Waals surface area contributed by atoms with Gasteiger partial charge in [0, 0.05) is 19.8 Å². The van der Waals surface area contributed by atoms with Crippen LogP contribution in [0.5, 0.6) is 0 Å². The van der Waals surface area contributed by atoms with E-state index in [0.717, 1.165) is 29.7 Å². The van der Waals surface area contributed by atoms with Crippen LogP contribution in [0.2, 0.25) is 0 Å². The van der Waals surface area contributed by atoms with Crippen LogP contribution in [0.25, 0.3) is 0 Å². The molecule has 1 aliphatic rings. The van der Waals surface area contributed by atoms with E-state index >= 15 is 0 Å². The topological polar surface area (TPSA) is 61.3 Å². The molecule has 1 unspecified atom stereocenters. The number of aromatic nitrogens is 2. The Labute approximate surface area is 103 Å². The summed E-state index contributed by atoms with van der Waals surface area (Å²) in [4.78, 5) is 10.7. The second-order valence-corrected chi connectivity index (χ2v) is 4.64. The number of nitrogens with zero attached hydrogens (tertiary/aromatic N) is 3. The van der Waals surface area contributed by atoms with Crippen molar-refractivity contribution in [2.45, 2.75) is 18.9 Å². The van der Waals surface area contributed by atoms with Gasteiger partial charge in [-0.15, -0.1) is 0 Å². The number of rotatable bonds is 3. The number of hydrogen-bond acceptors (Lipinski definition) is 5. The van der Waals surface area contributed by atoms with E-state index in [9.17, 15) is 5.11 Å². The summed E-state index contributed by atoms with van der Waals surface area (Å²) in [5, 5.41) is 12.2. The highest BCUT2D eigenvalue weighted by molar-refractivity contribution is 9.10. The van der Waals surface area contributed by atoms with Crippen molar-refractivity contribution >= 4 is 27.7 Å². The van der Waals surface area contributed by atoms with E-state index in [2.05, 4.69) is 36.1 Å². The third-order valence-electron chi connectivity index (χ3n) is 2.81. The predicted octanol–water partition coefficient (Wildman–Crippen LogP) is 1.24. The van der Waals surface area contributed by atoms with Crippen LogP contribution in [-0.4, -0.2) is 41.3 Å². The normalized spacial score (nSPS) is 20.2. The molecule has 2 heterocycles. The largest absolute Gasteiger partial charge is 0.394 e. The van der Waals surface area contributed by atoms with Gasteiger partial charge in [0.15, 0.2) is 0 Å². The highest BCUT2D eigenvalue weighted by Crippen LogP contribution is 2.30. The van der Waals surface area contributed by atoms with Gasteiger partial charge in [0.05, 0.1) is 17.1 Å². The van der Waals surface area contributed by atoms with Gasteiger partial charge in [-0.25, -0.2) is 4.98 Å². The molecule has 0 radical (unpaired) electrons. The SMILES string of the molecule is CNc1ncc(Br)c(N2CCCC2CO)n1. The quantitative estimate of drug-likeness (QED) is 0.876. The van der Waals surface area contributed by atoms with Crippen molar-refractivity contribution in [3.05, 3.63) is 10.7 Å². The van der Waals surface area contributed by atoms with Crippen LogP contribution >= 0.6 is 15.9 Å². The van der Waals surface area contributed by atoms with Crippen LogP contribution in [0, 0.1) is 0 Å². The van der Waals surface area contributed by atoms with Crippen LogP contribution in [0.15, 0.2) is 10.7 Å². The molecule has 1 aliphatic heterocycles. The Balaban J connectivity index is 2.31. The minimum atomic E-state index is 0.172. The lowest BCUT2D eigenvalue weighted by atomic mass is 10.2. The fraction of sp³-hybridized carbons (Fsp3) is 0.600. The maximum Gasteiger partial charge on any atom is 0.224 e. The first-order chi connectivity index (χ1) is 7.76. The van der Waals surface area contributed by atoms with Crippen molar-refractivity contribution in [3.8, 4) is 0 Å². The fourth-order valence-corrected chi connectivity index (χ4v) is 2.40. The third kappa shape index (κ3) is 2.12. The zero-order valence-corrected chi connectivity index (χ0v) is 10.7. The molecule has 1 saturated heterocycles. The second-order valence-electron chi connectivity index (χ2n) is 3.79. The first kappa shape index (κ1) is 11.6. The Morgan fingerprint density at radius 1 is 1.69 bits per heavy atom. The molecule has 6 heteroatoms. The molecule has 1 aromatic heterocycles. The van der Waals surface area contributed by atoms with E-state index in [4.69, 9.17) is 0 Å². The number of aliphatic hydroxyl groups is 1. The average molecular weight is 287 g/mol. The van der Waals surface area contributed by atoms with Gasteiger partial charge in [-0.1, -0.05) is 0 Å². The monoisotopic (exact) mass is 286 g/mol. The van der Waals surface area contributed by atoms with E-state index in [1.54, 1.807) is 13.2 Å². The lowest BCUT2D eigenvalue weighted by Crippen LogP contribution is -2.33. The Bertz CT molecular complexity index is 374. The highest BCUT2D eigenvalue weighted by Gasteiger charge is 2.26. The van der Waals surface area contributed by atoms with E-state index in [1.165, 1.54) is 0 Å². The Morgan fingerprint density at radius 3 is 3.19 bits per heavy atom. The summed E-state index contributed by atoms with van der Waals surface area (Å²) in [5.41, 5.74) is 0. The standard InChI is InChI=1S/C10H15BrN4O/c1-12-10-13-5-8(11)9(14-10)15-4-2-3-7(15)6-16/h5,7,16H,2-4,6H2,1H3,(H,12,13,14). The summed E-state index contributed by atoms with van der Waals surface area (Å²) in [5.74, 6) is 1.46. The lowest BCUT2D eigenvalue weighted by Gasteiger charge is -2.25. The van der Waals surface area contributed by atoms with E-state index in [-0.39, 0.29) is 12.6 Å². The molecule has 0 saturated carbocycles. The van der Waals surface area contributed by atoms with Crippen molar-refractivity contribution in [2.75, 3.05) is 30.4 Å². The number of aliphatic hydroxyl groups excluding tert-OH is 1. The van der Waals surface area contributed by atoms with Crippen molar-refractivity contribution in [1.29, 1.82) is 0 Å². The first-order valence-corrected chi connectivity index (χ1v) is 6.13. The Kier molecular flexibility index (Phi) is 3.60. The van der Waals surface area contributed by atoms with E-state index in [0.29, 0.717) is 5.95 Å². The molecule has 0 amide bonds. The average Bonchev–Trinajstić information content (AvgIpc) is 2.77. The Hall–Kier alpha value is -0.880. The zero-order chi connectivity index (χ0) is 11.5. The predicted molar refractivity (Wildman–Crippen MR) is 66.7 cm³/mol. The number of anilines is 2. The molecule has 2 rings (SSSR count). The third-order valence-corrected chi connectivity index (χ3v) is 3.37. The number of nitrogens with one attached hydrogen (secondary N) is 1. The van der Waals surface area contributed by atoms with Crippen LogP contribution in [0.1, 0.15) is 12.8 Å². The molecule has 0 spiro atoms. The van der Waals surface area contributed by atoms with Crippen molar-refractivity contribution in [3.63, 3.8) is 0 Å². The summed E-state index contributed by atoms with van der Waals surface area (Å²) in [6.45, 7) is 1.11. The van der Waals surface area contributed by atoms with Crippen molar-refractivity contribution in [1.82, 2.24) is 9.97 Å². The maximum absolute atomic E-state index is 9.30. The molecule has 0 aliphatic carbocycles. The first-order valence-electron chi connectivity index (χ1n) is 5.34. The molecule has 88 valence electrons.